The molecule has 4 N–H and O–H groups in total. The molecule has 2 saturated heterocycles. The number of likely N-dealkylation sites (N-methyl/N-ethyl adjacent to an activating group) is 3. The van der Waals surface area contributed by atoms with Crippen LogP contribution in [0.5, 0.6) is 5.75 Å². The molecule has 26 heteroatoms. The van der Waals surface area contributed by atoms with Crippen molar-refractivity contribution in [3.05, 3.63) is 88.0 Å². The number of aliphatic hydroxyl groups is 1. The van der Waals surface area contributed by atoms with Gasteiger partial charge in [-0.15, -0.1) is 0 Å². The predicted octanol–water partition coefficient (Wildman–Crippen LogP) is 6.26. The number of Topliss-reactive ketones (excluding diaryl/α,β-unsaturated/α-hetero) is 2. The fourth-order valence-electron chi connectivity index (χ4n) is 9.70. The van der Waals surface area contributed by atoms with E-state index in [-0.39, 0.29) is 94.9 Å². The van der Waals surface area contributed by atoms with Crippen molar-refractivity contribution in [3.63, 3.8) is 0 Å². The molecule has 9 atom stereocenters. The Morgan fingerprint density at radius 1 is 0.953 bits per heavy atom. The molecule has 25 nitrogen and oxygen atoms in total. The van der Waals surface area contributed by atoms with Crippen LogP contribution in [0, 0.1) is 5.92 Å². The number of allylic oxidation sites excluding steroid dienone is 3. The molecule has 85 heavy (non-hydrogen) atoms. The largest absolute Gasteiger partial charge is 0.495 e. The van der Waals surface area contributed by atoms with Crippen molar-refractivity contribution in [2.24, 2.45) is 5.92 Å². The molecule has 2 aromatic carbocycles. The molecule has 0 spiro atoms. The van der Waals surface area contributed by atoms with Crippen LogP contribution in [0.3, 0.4) is 0 Å². The number of hydrogen-bond acceptors (Lipinski definition) is 20. The maximum atomic E-state index is 14.1. The van der Waals surface area contributed by atoms with Crippen molar-refractivity contribution in [1.82, 2.24) is 20.0 Å². The van der Waals surface area contributed by atoms with E-state index in [0.29, 0.717) is 41.3 Å². The second kappa shape index (κ2) is 30.7. The van der Waals surface area contributed by atoms with Crippen molar-refractivity contribution in [2.75, 3.05) is 92.2 Å². The maximum absolute atomic E-state index is 14.1. The second-order valence-corrected chi connectivity index (χ2v) is 21.9. The van der Waals surface area contributed by atoms with E-state index in [1.54, 1.807) is 75.4 Å². The minimum absolute atomic E-state index is 0.0155. The van der Waals surface area contributed by atoms with Crippen LogP contribution in [0.1, 0.15) is 77.0 Å². The van der Waals surface area contributed by atoms with Crippen molar-refractivity contribution in [3.8, 4) is 5.75 Å². The average molecular weight is 1210 g/mol. The number of ether oxygens (including phenoxy) is 10. The van der Waals surface area contributed by atoms with Crippen LogP contribution in [0.25, 0.3) is 0 Å². The Balaban J connectivity index is 1.02. The first-order chi connectivity index (χ1) is 40.4. The van der Waals surface area contributed by atoms with Crippen LogP contribution in [0.2, 0.25) is 5.02 Å². The molecule has 2 aromatic rings. The van der Waals surface area contributed by atoms with E-state index in [4.69, 9.17) is 59.0 Å². The Morgan fingerprint density at radius 3 is 2.39 bits per heavy atom. The van der Waals surface area contributed by atoms with E-state index in [9.17, 15) is 43.5 Å². The van der Waals surface area contributed by atoms with Gasteiger partial charge in [0.15, 0.2) is 11.5 Å². The van der Waals surface area contributed by atoms with Crippen LogP contribution < -0.4 is 20.7 Å². The summed E-state index contributed by atoms with van der Waals surface area (Å²) in [4.78, 5) is 109. The summed E-state index contributed by atoms with van der Waals surface area (Å²) in [7, 11) is 7.17. The number of hydrogen-bond donors (Lipinski definition) is 4. The maximum Gasteiger partial charge on any atom is 0.412 e. The Bertz CT molecular complexity index is 2850. The number of methoxy groups -OCH3 is 2. The molecule has 1 aliphatic carbocycles. The molecule has 1 unspecified atom stereocenters. The predicted molar refractivity (Wildman–Crippen MR) is 308 cm³/mol. The van der Waals surface area contributed by atoms with Gasteiger partial charge in [-0.2, -0.15) is 0 Å². The monoisotopic (exact) mass is 1210 g/mol. The standard InChI is InChI=1S/C59H79ClN6O19/c1-11-41(67)31-61-45-26-38(17-18-44(45)62-54(71)82-43-15-13-22-78-34-79-33-43)32-81-57(74)65(7)21-20-64(6)56(73)80-23-19-50(69)66(8)37(4)53(70)84-49-29-42(68)28-40-25-39(27-46(76-9)51(40)60)24-35(2)14-12-16-48(77-10)59(75)30-47(83-55(72)63-59)36(3)52-58(49,5)85-52/h12-18,25-27,36-37,43,47-49,52,61,75H,11,19-24,28-34H2,1-10H3,(H,62,71)(H,63,72)/b15-13+,16-12+,35-14+/t36-,37+,43?,47+,48-,49+,52+,58+,59+/m1/s1. The summed E-state index contributed by atoms with van der Waals surface area (Å²) in [5.74, 6) is -2.13. The number of halogens is 1. The van der Waals surface area contributed by atoms with E-state index in [1.165, 1.54) is 52.1 Å². The fourth-order valence-corrected chi connectivity index (χ4v) is 9.96. The van der Waals surface area contributed by atoms with Gasteiger partial charge in [0.25, 0.3) is 0 Å². The van der Waals surface area contributed by atoms with Crippen molar-refractivity contribution < 1.29 is 90.8 Å². The molecule has 6 rings (SSSR count). The smallest absolute Gasteiger partial charge is 0.412 e. The summed E-state index contributed by atoms with van der Waals surface area (Å²) in [5, 5.41) is 20.3. The summed E-state index contributed by atoms with van der Waals surface area (Å²) < 4.78 is 56.2. The molecule has 3 heterocycles. The third-order valence-corrected chi connectivity index (χ3v) is 15.5. The zero-order valence-electron chi connectivity index (χ0n) is 49.7. The van der Waals surface area contributed by atoms with E-state index in [2.05, 4.69) is 16.0 Å². The normalized spacial score (nSPS) is 25.8. The number of rotatable bonds is 19. The molecular formula is C59H79ClN6O19. The molecule has 0 radical (unpaired) electrons. The average Bonchev–Trinajstić information content (AvgIpc) is 1.97. The van der Waals surface area contributed by atoms with Crippen molar-refractivity contribution >= 4 is 70.8 Å². The molecule has 0 aromatic heterocycles. The van der Waals surface area contributed by atoms with E-state index in [1.807, 2.05) is 13.0 Å². The van der Waals surface area contributed by atoms with E-state index in [0.717, 1.165) is 16.0 Å². The lowest BCUT2D eigenvalue weighted by molar-refractivity contribution is -0.162. The number of alkyl carbamates (subject to hydrolysis) is 1. The molecule has 3 aliphatic heterocycles. The van der Waals surface area contributed by atoms with Crippen LogP contribution in [-0.2, 0) is 81.3 Å². The molecule has 0 saturated carbocycles. The second-order valence-electron chi connectivity index (χ2n) is 21.6. The highest BCUT2D eigenvalue weighted by Gasteiger charge is 2.64. The Hall–Kier alpha value is -7.29. The van der Waals surface area contributed by atoms with Crippen LogP contribution in [0.15, 0.2) is 66.3 Å². The Kier molecular flexibility index (Phi) is 24.1. The van der Waals surface area contributed by atoms with Gasteiger partial charge in [-0.05, 0) is 68.2 Å². The first kappa shape index (κ1) is 66.8. The van der Waals surface area contributed by atoms with Crippen LogP contribution >= 0.6 is 11.6 Å². The summed E-state index contributed by atoms with van der Waals surface area (Å²) in [6.45, 7) is 8.43. The number of benzene rings is 2. The first-order valence-electron chi connectivity index (χ1n) is 27.9. The van der Waals surface area contributed by atoms with E-state index < -0.39 is 90.1 Å². The van der Waals surface area contributed by atoms with Crippen molar-refractivity contribution in [2.45, 2.75) is 128 Å². The number of esters is 1. The number of epoxide rings is 1. The number of ketones is 2. The molecule has 4 bridgehead atoms. The number of anilines is 2. The van der Waals surface area contributed by atoms with Crippen LogP contribution in [-0.4, -0.2) is 197 Å². The zero-order chi connectivity index (χ0) is 62.2. The van der Waals surface area contributed by atoms with Gasteiger partial charge in [-0.25, -0.2) is 24.0 Å². The number of nitrogens with zero attached hydrogens (tertiary/aromatic N) is 3. The Morgan fingerprint density at radius 2 is 1.68 bits per heavy atom. The molecular weight excluding hydrogens is 1130 g/mol. The number of carbonyl (C=O) groups excluding carboxylic acids is 8. The molecule has 5 amide bonds. The van der Waals surface area contributed by atoms with Gasteiger partial charge in [-0.1, -0.05) is 67.5 Å². The molecule has 4 aliphatic rings. The van der Waals surface area contributed by atoms with Crippen LogP contribution in [0.4, 0.5) is 30.6 Å². The number of nitrogens with one attached hydrogen (secondary N) is 3. The van der Waals surface area contributed by atoms with E-state index >= 15 is 0 Å². The summed E-state index contributed by atoms with van der Waals surface area (Å²) >= 11 is 6.77. The molecule has 2 fully saturated rings. The van der Waals surface area contributed by atoms with Crippen molar-refractivity contribution in [1.29, 1.82) is 0 Å². The minimum Gasteiger partial charge on any atom is -0.495 e. The number of carbonyl (C=O) groups is 8. The zero-order valence-corrected chi connectivity index (χ0v) is 50.5. The summed E-state index contributed by atoms with van der Waals surface area (Å²) in [5.41, 5.74) is 0.203. The van der Waals surface area contributed by atoms with Gasteiger partial charge in [-0.3, -0.25) is 25.0 Å². The number of amides is 5. The summed E-state index contributed by atoms with van der Waals surface area (Å²) in [6, 6.07) is 7.20. The third-order valence-electron chi connectivity index (χ3n) is 15.1. The number of fused-ring (bicyclic) bond motifs is 5. The Labute approximate surface area is 499 Å². The van der Waals surface area contributed by atoms with Gasteiger partial charge in [0.2, 0.25) is 5.91 Å². The summed E-state index contributed by atoms with van der Waals surface area (Å²) in [6.07, 6.45) is 0.647. The lowest BCUT2D eigenvalue weighted by Gasteiger charge is -2.42. The minimum atomic E-state index is -1.89. The van der Waals surface area contributed by atoms with Gasteiger partial charge in [0.05, 0.1) is 55.8 Å². The fraction of sp³-hybridized carbons (Fsp3) is 0.559. The first-order valence-corrected chi connectivity index (χ1v) is 28.3. The highest BCUT2D eigenvalue weighted by molar-refractivity contribution is 6.33. The highest BCUT2D eigenvalue weighted by Crippen LogP contribution is 2.49. The van der Waals surface area contributed by atoms with Gasteiger partial charge >= 0.3 is 30.3 Å². The highest BCUT2D eigenvalue weighted by atomic mass is 35.5. The molecule has 466 valence electrons. The van der Waals surface area contributed by atoms with Gasteiger partial charge < -0.3 is 72.5 Å². The topological polar surface area (TPSA) is 298 Å². The lowest BCUT2D eigenvalue weighted by Crippen LogP contribution is -2.63. The SMILES string of the molecule is CCC(=O)CNc1cc(COC(=O)N(C)CCN(C)C(=O)OCCC(=O)N(C)[C@@H](C)C(=O)O[C@H]2CC(=O)Cc3cc(cc(OC)c3Cl)C/C(C)=C/C=C/[C@@H](OC)[C@@]3(O)C[C@H](OC(=O)N3)[C@@H](C)[C@@H]3O[C@@]23C)ccc1NC(=O)OC1/C=C/COCOC1. The third kappa shape index (κ3) is 18.6. The lowest BCUT2D eigenvalue weighted by atomic mass is 9.83. The van der Waals surface area contributed by atoms with Gasteiger partial charge in [0.1, 0.15) is 67.6 Å². The quantitative estimate of drug-likeness (QED) is 0.0522. The van der Waals surface area contributed by atoms with Gasteiger partial charge in [0, 0.05) is 72.9 Å².